The molecule has 1 unspecified atom stereocenters. The zero-order chi connectivity index (χ0) is 26.6. The molecule has 6 nitrogen and oxygen atoms in total. The van der Waals surface area contributed by atoms with Crippen LogP contribution in [0.4, 0.5) is 0 Å². The molecule has 0 saturated heterocycles. The molecule has 0 radical (unpaired) electrons. The first-order chi connectivity index (χ1) is 17.9. The summed E-state index contributed by atoms with van der Waals surface area (Å²) < 4.78 is 7.45. The number of methoxy groups -OCH3 is 1. The highest BCUT2D eigenvalue weighted by Crippen LogP contribution is 2.17. The van der Waals surface area contributed by atoms with Crippen LogP contribution in [0.25, 0.3) is 0 Å². The molecule has 0 aliphatic heterocycles. The number of nitrogens with zero attached hydrogens (tertiary/aromatic N) is 3. The minimum absolute atomic E-state index is 0.0266. The van der Waals surface area contributed by atoms with Crippen molar-refractivity contribution in [3.05, 3.63) is 95.3 Å². The van der Waals surface area contributed by atoms with E-state index >= 15 is 0 Å². The van der Waals surface area contributed by atoms with Gasteiger partial charge in [0, 0.05) is 44.6 Å². The SMILES string of the molecule is CCC(C)N(Cc1cccn1Cc1ccccc1C)C(=O)CN(CCOC)C(=O)CCc1ccccc1. The van der Waals surface area contributed by atoms with E-state index in [4.69, 9.17) is 4.74 Å². The molecule has 3 aromatic rings. The van der Waals surface area contributed by atoms with Gasteiger partial charge in [0.2, 0.25) is 11.8 Å². The Hall–Kier alpha value is -3.38. The molecule has 1 heterocycles. The fourth-order valence-corrected chi connectivity index (χ4v) is 4.40. The summed E-state index contributed by atoms with van der Waals surface area (Å²) in [4.78, 5) is 30.3. The maximum absolute atomic E-state index is 13.6. The topological polar surface area (TPSA) is 54.8 Å². The van der Waals surface area contributed by atoms with Crippen LogP contribution in [0.3, 0.4) is 0 Å². The number of aromatic nitrogens is 1. The first-order valence-corrected chi connectivity index (χ1v) is 13.2. The highest BCUT2D eigenvalue weighted by Gasteiger charge is 2.25. The van der Waals surface area contributed by atoms with Gasteiger partial charge < -0.3 is 19.1 Å². The first-order valence-electron chi connectivity index (χ1n) is 13.2. The van der Waals surface area contributed by atoms with Crippen LogP contribution in [-0.2, 0) is 33.8 Å². The number of ether oxygens (including phenoxy) is 1. The van der Waals surface area contributed by atoms with Gasteiger partial charge in [0.15, 0.2) is 0 Å². The molecular formula is C31H41N3O3. The first kappa shape index (κ1) is 28.2. The summed E-state index contributed by atoms with van der Waals surface area (Å²) in [5.41, 5.74) is 4.70. The largest absolute Gasteiger partial charge is 0.383 e. The summed E-state index contributed by atoms with van der Waals surface area (Å²) in [6.07, 6.45) is 3.92. The van der Waals surface area contributed by atoms with Crippen molar-refractivity contribution in [1.29, 1.82) is 0 Å². The van der Waals surface area contributed by atoms with Crippen molar-refractivity contribution in [2.45, 2.75) is 59.2 Å². The van der Waals surface area contributed by atoms with Crippen molar-refractivity contribution in [3.8, 4) is 0 Å². The van der Waals surface area contributed by atoms with Gasteiger partial charge in [-0.25, -0.2) is 0 Å². The maximum atomic E-state index is 13.6. The van der Waals surface area contributed by atoms with E-state index in [1.807, 2.05) is 41.3 Å². The Morgan fingerprint density at radius 1 is 0.973 bits per heavy atom. The van der Waals surface area contributed by atoms with Gasteiger partial charge in [-0.15, -0.1) is 0 Å². The molecule has 0 fully saturated rings. The minimum Gasteiger partial charge on any atom is -0.383 e. The lowest BCUT2D eigenvalue weighted by molar-refractivity contribution is -0.142. The molecule has 0 N–H and O–H groups in total. The second-order valence-corrected chi connectivity index (χ2v) is 9.63. The monoisotopic (exact) mass is 503 g/mol. The Kier molecular flexibility index (Phi) is 11.0. The molecule has 2 aromatic carbocycles. The Balaban J connectivity index is 1.71. The molecule has 2 amide bonds. The van der Waals surface area contributed by atoms with Crippen molar-refractivity contribution in [3.63, 3.8) is 0 Å². The number of benzene rings is 2. The summed E-state index contributed by atoms with van der Waals surface area (Å²) in [5, 5.41) is 0. The van der Waals surface area contributed by atoms with Gasteiger partial charge in [-0.1, -0.05) is 61.5 Å². The molecule has 0 aliphatic rings. The molecule has 0 bridgehead atoms. The summed E-state index contributed by atoms with van der Waals surface area (Å²) in [5.74, 6) is -0.0663. The molecule has 1 atom stereocenters. The highest BCUT2D eigenvalue weighted by molar-refractivity contribution is 5.85. The molecule has 3 rings (SSSR count). The van der Waals surface area contributed by atoms with Gasteiger partial charge in [0.25, 0.3) is 0 Å². The van der Waals surface area contributed by atoms with E-state index in [1.54, 1.807) is 12.0 Å². The normalized spacial score (nSPS) is 11.8. The van der Waals surface area contributed by atoms with Crippen LogP contribution < -0.4 is 0 Å². The number of carbonyl (C=O) groups excluding carboxylic acids is 2. The second kappa shape index (κ2) is 14.4. The van der Waals surface area contributed by atoms with Gasteiger partial charge in [-0.3, -0.25) is 9.59 Å². The van der Waals surface area contributed by atoms with E-state index in [2.05, 4.69) is 61.9 Å². The highest BCUT2D eigenvalue weighted by atomic mass is 16.5. The van der Waals surface area contributed by atoms with Crippen LogP contribution in [0.2, 0.25) is 0 Å². The molecule has 198 valence electrons. The van der Waals surface area contributed by atoms with E-state index in [1.165, 1.54) is 11.1 Å². The zero-order valence-corrected chi connectivity index (χ0v) is 22.7. The van der Waals surface area contributed by atoms with Crippen LogP contribution in [0.5, 0.6) is 0 Å². The van der Waals surface area contributed by atoms with Gasteiger partial charge in [0.1, 0.15) is 0 Å². The van der Waals surface area contributed by atoms with Crippen molar-refractivity contribution >= 4 is 11.8 Å². The maximum Gasteiger partial charge on any atom is 0.242 e. The Morgan fingerprint density at radius 2 is 1.70 bits per heavy atom. The number of hydrogen-bond donors (Lipinski definition) is 0. The van der Waals surface area contributed by atoms with Crippen LogP contribution in [0.15, 0.2) is 72.9 Å². The summed E-state index contributed by atoms with van der Waals surface area (Å²) >= 11 is 0. The molecule has 0 aliphatic carbocycles. The van der Waals surface area contributed by atoms with Crippen molar-refractivity contribution in [1.82, 2.24) is 14.4 Å². The molecule has 1 aromatic heterocycles. The molecule has 0 saturated carbocycles. The third kappa shape index (κ3) is 8.32. The summed E-state index contributed by atoms with van der Waals surface area (Å²) in [6.45, 7) is 8.39. The minimum atomic E-state index is -0.0397. The van der Waals surface area contributed by atoms with Gasteiger partial charge in [-0.2, -0.15) is 0 Å². The molecule has 0 spiro atoms. The molecule has 6 heteroatoms. The lowest BCUT2D eigenvalue weighted by Gasteiger charge is -2.32. The molecule has 37 heavy (non-hydrogen) atoms. The van der Waals surface area contributed by atoms with Crippen LogP contribution >= 0.6 is 0 Å². The Bertz CT molecular complexity index is 1130. The third-order valence-electron chi connectivity index (χ3n) is 7.02. The smallest absolute Gasteiger partial charge is 0.242 e. The number of hydrogen-bond acceptors (Lipinski definition) is 3. The van der Waals surface area contributed by atoms with Gasteiger partial charge in [-0.05, 0) is 55.5 Å². The summed E-state index contributed by atoms with van der Waals surface area (Å²) in [7, 11) is 1.61. The van der Waals surface area contributed by atoms with Crippen molar-refractivity contribution < 1.29 is 14.3 Å². The van der Waals surface area contributed by atoms with Gasteiger partial charge >= 0.3 is 0 Å². The Labute approximate surface area is 221 Å². The van der Waals surface area contributed by atoms with E-state index in [0.29, 0.717) is 32.5 Å². The number of aryl methyl sites for hydroxylation is 2. The van der Waals surface area contributed by atoms with Crippen molar-refractivity contribution in [2.24, 2.45) is 0 Å². The lowest BCUT2D eigenvalue weighted by atomic mass is 10.1. The lowest BCUT2D eigenvalue weighted by Crippen LogP contribution is -2.47. The average molecular weight is 504 g/mol. The van der Waals surface area contributed by atoms with Crippen LogP contribution in [0.1, 0.15) is 49.1 Å². The Morgan fingerprint density at radius 3 is 2.41 bits per heavy atom. The van der Waals surface area contributed by atoms with Crippen LogP contribution in [0, 0.1) is 6.92 Å². The summed E-state index contributed by atoms with van der Waals surface area (Å²) in [6, 6.07) is 22.5. The number of amides is 2. The fourth-order valence-electron chi connectivity index (χ4n) is 4.40. The predicted molar refractivity (Wildman–Crippen MR) is 148 cm³/mol. The van der Waals surface area contributed by atoms with E-state index in [0.717, 1.165) is 24.2 Å². The van der Waals surface area contributed by atoms with E-state index in [-0.39, 0.29) is 24.4 Å². The fraction of sp³-hybridized carbons (Fsp3) is 0.419. The van der Waals surface area contributed by atoms with Crippen LogP contribution in [-0.4, -0.2) is 59.0 Å². The molecular weight excluding hydrogens is 462 g/mol. The predicted octanol–water partition coefficient (Wildman–Crippen LogP) is 5.08. The van der Waals surface area contributed by atoms with E-state index in [9.17, 15) is 9.59 Å². The quantitative estimate of drug-likeness (QED) is 0.308. The third-order valence-corrected chi connectivity index (χ3v) is 7.02. The zero-order valence-electron chi connectivity index (χ0n) is 22.7. The van der Waals surface area contributed by atoms with E-state index < -0.39 is 0 Å². The second-order valence-electron chi connectivity index (χ2n) is 9.63. The number of rotatable bonds is 14. The number of carbonyl (C=O) groups is 2. The average Bonchev–Trinajstić information content (AvgIpc) is 3.36. The van der Waals surface area contributed by atoms with Crippen molar-refractivity contribution in [2.75, 3.05) is 26.8 Å². The van der Waals surface area contributed by atoms with Gasteiger partial charge in [0.05, 0.1) is 19.7 Å². The standard InChI is InChI=1S/C31H41N3O3/c1-5-26(3)34(23-29-16-11-19-32(29)22-28-15-10-9-12-25(28)2)31(36)24-33(20-21-37-4)30(35)18-17-27-13-7-6-8-14-27/h6-16,19,26H,5,17-18,20-24H2,1-4H3.